The molecule has 1 aliphatic carbocycles. The van der Waals surface area contributed by atoms with Gasteiger partial charge in [0.2, 0.25) is 0 Å². The Balaban J connectivity index is 2.13. The lowest BCUT2D eigenvalue weighted by Crippen LogP contribution is -2.20. The third-order valence-electron chi connectivity index (χ3n) is 3.42. The largest absolute Gasteiger partial charge is 0.463 e. The molecule has 0 bridgehead atoms. The lowest BCUT2D eigenvalue weighted by molar-refractivity contribution is -0.139. The number of aliphatic hydroxyl groups is 1. The van der Waals surface area contributed by atoms with Gasteiger partial charge < -0.3 is 9.84 Å². The molecule has 1 aromatic carbocycles. The SMILES string of the molecule is CCOC(=O)C1=C(SCc2ccc(F)cc2Cl)CCC(O)C1. The van der Waals surface area contributed by atoms with Gasteiger partial charge in [0.25, 0.3) is 0 Å². The second-order valence-corrected chi connectivity index (χ2v) is 6.52. The molecule has 2 rings (SSSR count). The molecule has 0 fully saturated rings. The van der Waals surface area contributed by atoms with Gasteiger partial charge >= 0.3 is 5.97 Å². The van der Waals surface area contributed by atoms with Crippen molar-refractivity contribution in [2.24, 2.45) is 0 Å². The summed E-state index contributed by atoms with van der Waals surface area (Å²) in [7, 11) is 0. The average Bonchev–Trinajstić information content (AvgIpc) is 2.47. The van der Waals surface area contributed by atoms with Gasteiger partial charge in [0.05, 0.1) is 12.7 Å². The van der Waals surface area contributed by atoms with E-state index in [-0.39, 0.29) is 11.8 Å². The second kappa shape index (κ2) is 7.99. The van der Waals surface area contributed by atoms with E-state index in [4.69, 9.17) is 16.3 Å². The standard InChI is InChI=1S/C16H18ClFO3S/c1-2-21-16(20)13-8-12(19)5-6-15(13)22-9-10-3-4-11(18)7-14(10)17/h3-4,7,12,19H,2,5-6,8-9H2,1H3. The Hall–Kier alpha value is -1.04. The maximum absolute atomic E-state index is 13.0. The normalized spacial score (nSPS) is 18.5. The number of hydrogen-bond donors (Lipinski definition) is 1. The van der Waals surface area contributed by atoms with E-state index in [1.165, 1.54) is 23.9 Å². The molecule has 1 aromatic rings. The number of allylic oxidation sites excluding steroid dienone is 1. The van der Waals surface area contributed by atoms with Crippen LogP contribution >= 0.6 is 23.4 Å². The number of carbonyl (C=O) groups is 1. The third kappa shape index (κ3) is 4.48. The molecule has 0 heterocycles. The van der Waals surface area contributed by atoms with Gasteiger partial charge in [0.1, 0.15) is 5.82 Å². The number of halogens is 2. The second-order valence-electron chi connectivity index (χ2n) is 5.04. The van der Waals surface area contributed by atoms with Crippen LogP contribution in [0, 0.1) is 5.82 Å². The van der Waals surface area contributed by atoms with Crippen LogP contribution < -0.4 is 0 Å². The molecular formula is C16H18ClFO3S. The Labute approximate surface area is 138 Å². The van der Waals surface area contributed by atoms with E-state index in [9.17, 15) is 14.3 Å². The monoisotopic (exact) mass is 344 g/mol. The first kappa shape index (κ1) is 17.3. The lowest BCUT2D eigenvalue weighted by atomic mass is 9.97. The van der Waals surface area contributed by atoms with E-state index >= 15 is 0 Å². The third-order valence-corrected chi connectivity index (χ3v) is 5.03. The average molecular weight is 345 g/mol. The van der Waals surface area contributed by atoms with Crippen molar-refractivity contribution in [1.29, 1.82) is 0 Å². The minimum atomic E-state index is -0.502. The molecule has 1 atom stereocenters. The van der Waals surface area contributed by atoms with E-state index in [0.717, 1.165) is 10.5 Å². The highest BCUT2D eigenvalue weighted by atomic mass is 35.5. The summed E-state index contributed by atoms with van der Waals surface area (Å²) in [6.45, 7) is 2.06. The molecule has 0 saturated heterocycles. The zero-order valence-electron chi connectivity index (χ0n) is 12.3. The minimum absolute atomic E-state index is 0.306. The van der Waals surface area contributed by atoms with Gasteiger partial charge in [-0.1, -0.05) is 17.7 Å². The summed E-state index contributed by atoms with van der Waals surface area (Å²) in [5.41, 5.74) is 1.36. The number of esters is 1. The van der Waals surface area contributed by atoms with Crippen LogP contribution in [0.2, 0.25) is 5.02 Å². The molecule has 0 radical (unpaired) electrons. The number of aliphatic hydroxyl groups excluding tert-OH is 1. The van der Waals surface area contributed by atoms with Gasteiger partial charge in [-0.3, -0.25) is 0 Å². The number of thioether (sulfide) groups is 1. The van der Waals surface area contributed by atoms with Crippen LogP contribution in [-0.4, -0.2) is 23.8 Å². The molecule has 6 heteroatoms. The van der Waals surface area contributed by atoms with Gasteiger partial charge in [-0.2, -0.15) is 0 Å². The minimum Gasteiger partial charge on any atom is -0.463 e. The van der Waals surface area contributed by atoms with Gasteiger partial charge in [-0.25, -0.2) is 9.18 Å². The molecule has 0 amide bonds. The number of benzene rings is 1. The molecule has 120 valence electrons. The highest BCUT2D eigenvalue weighted by Crippen LogP contribution is 2.36. The van der Waals surface area contributed by atoms with Crippen LogP contribution in [0.5, 0.6) is 0 Å². The summed E-state index contributed by atoms with van der Waals surface area (Å²) in [5.74, 6) is -0.187. The van der Waals surface area contributed by atoms with Crippen molar-refractivity contribution >= 4 is 29.3 Å². The van der Waals surface area contributed by atoms with Crippen LogP contribution in [0.4, 0.5) is 4.39 Å². The topological polar surface area (TPSA) is 46.5 Å². The predicted octanol–water partition coefficient (Wildman–Crippen LogP) is 4.07. The Morgan fingerprint density at radius 2 is 2.32 bits per heavy atom. The number of rotatable bonds is 5. The van der Waals surface area contributed by atoms with Crippen molar-refractivity contribution in [1.82, 2.24) is 0 Å². The fourth-order valence-electron chi connectivity index (χ4n) is 2.28. The molecule has 0 spiro atoms. The molecule has 22 heavy (non-hydrogen) atoms. The Kier molecular flexibility index (Phi) is 6.29. The lowest BCUT2D eigenvalue weighted by Gasteiger charge is -2.22. The molecule has 1 N–H and O–H groups in total. The first-order valence-corrected chi connectivity index (χ1v) is 8.51. The van der Waals surface area contributed by atoms with Crippen LogP contribution in [0.15, 0.2) is 28.7 Å². The van der Waals surface area contributed by atoms with Crippen molar-refractivity contribution in [3.63, 3.8) is 0 Å². The van der Waals surface area contributed by atoms with Crippen LogP contribution in [0.25, 0.3) is 0 Å². The van der Waals surface area contributed by atoms with Gasteiger partial charge in [0.15, 0.2) is 0 Å². The summed E-state index contributed by atoms with van der Waals surface area (Å²) < 4.78 is 18.1. The number of hydrogen-bond acceptors (Lipinski definition) is 4. The van der Waals surface area contributed by atoms with Gasteiger partial charge in [-0.05, 0) is 42.4 Å². The molecule has 0 saturated carbocycles. The van der Waals surface area contributed by atoms with Gasteiger partial charge in [-0.15, -0.1) is 11.8 Å². The first-order chi connectivity index (χ1) is 10.5. The number of ether oxygens (including phenoxy) is 1. The van der Waals surface area contributed by atoms with Crippen molar-refractivity contribution in [3.05, 3.63) is 45.1 Å². The van der Waals surface area contributed by atoms with Crippen molar-refractivity contribution in [2.45, 2.75) is 38.0 Å². The molecular weight excluding hydrogens is 327 g/mol. The Morgan fingerprint density at radius 1 is 1.55 bits per heavy atom. The molecule has 1 aliphatic rings. The van der Waals surface area contributed by atoms with Crippen molar-refractivity contribution in [2.75, 3.05) is 6.61 Å². The summed E-state index contributed by atoms with van der Waals surface area (Å²) in [6, 6.07) is 4.29. The fourth-order valence-corrected chi connectivity index (χ4v) is 3.78. The first-order valence-electron chi connectivity index (χ1n) is 7.15. The van der Waals surface area contributed by atoms with Crippen LogP contribution in [-0.2, 0) is 15.3 Å². The van der Waals surface area contributed by atoms with E-state index in [1.54, 1.807) is 13.0 Å². The predicted molar refractivity (Wildman–Crippen MR) is 86.2 cm³/mol. The van der Waals surface area contributed by atoms with Gasteiger partial charge in [0, 0.05) is 22.8 Å². The quantitative estimate of drug-likeness (QED) is 0.818. The fraction of sp³-hybridized carbons (Fsp3) is 0.438. The van der Waals surface area contributed by atoms with E-state index in [0.29, 0.717) is 42.2 Å². The van der Waals surface area contributed by atoms with E-state index in [2.05, 4.69) is 0 Å². The maximum atomic E-state index is 13.0. The van der Waals surface area contributed by atoms with Crippen molar-refractivity contribution < 1.29 is 19.0 Å². The van der Waals surface area contributed by atoms with E-state index in [1.807, 2.05) is 0 Å². The number of carbonyl (C=O) groups excluding carboxylic acids is 1. The molecule has 0 aromatic heterocycles. The van der Waals surface area contributed by atoms with Crippen molar-refractivity contribution in [3.8, 4) is 0 Å². The summed E-state index contributed by atoms with van der Waals surface area (Å²) in [4.78, 5) is 12.9. The van der Waals surface area contributed by atoms with Crippen LogP contribution in [0.1, 0.15) is 31.7 Å². The summed E-state index contributed by atoms with van der Waals surface area (Å²) >= 11 is 7.51. The zero-order valence-corrected chi connectivity index (χ0v) is 13.8. The zero-order chi connectivity index (χ0) is 16.1. The smallest absolute Gasteiger partial charge is 0.334 e. The maximum Gasteiger partial charge on any atom is 0.334 e. The summed E-state index contributed by atoms with van der Waals surface area (Å²) in [6.07, 6.45) is 1.08. The highest BCUT2D eigenvalue weighted by molar-refractivity contribution is 8.02. The van der Waals surface area contributed by atoms with E-state index < -0.39 is 6.10 Å². The molecule has 3 nitrogen and oxygen atoms in total. The molecule has 0 aliphatic heterocycles. The Bertz CT molecular complexity index is 589. The summed E-state index contributed by atoms with van der Waals surface area (Å²) in [5, 5.41) is 10.1. The highest BCUT2D eigenvalue weighted by Gasteiger charge is 2.25. The van der Waals surface area contributed by atoms with Crippen LogP contribution in [0.3, 0.4) is 0 Å². The molecule has 1 unspecified atom stereocenters. The Morgan fingerprint density at radius 3 is 3.00 bits per heavy atom.